The fourth-order valence-electron chi connectivity index (χ4n) is 1.32. The lowest BCUT2D eigenvalue weighted by Crippen LogP contribution is -1.93. The van der Waals surface area contributed by atoms with Gasteiger partial charge >= 0.3 is 5.97 Å². The summed E-state index contributed by atoms with van der Waals surface area (Å²) in [5, 5.41) is 0. The highest BCUT2D eigenvalue weighted by Gasteiger charge is 2.17. The molecule has 1 aliphatic rings. The summed E-state index contributed by atoms with van der Waals surface area (Å²) < 4.78 is 15.8. The maximum Gasteiger partial charge on any atom is 0.330 e. The predicted octanol–water partition coefficient (Wildman–Crippen LogP) is 2.36. The molecular formula is C11H9BrO4. The third kappa shape index (κ3) is 2.19. The molecule has 0 fully saturated rings. The number of rotatable bonds is 2. The van der Waals surface area contributed by atoms with E-state index in [0.717, 1.165) is 10.0 Å². The molecule has 2 rings (SSSR count). The van der Waals surface area contributed by atoms with E-state index in [1.54, 1.807) is 12.1 Å². The maximum absolute atomic E-state index is 10.9. The van der Waals surface area contributed by atoms with E-state index in [0.29, 0.717) is 11.5 Å². The van der Waals surface area contributed by atoms with Gasteiger partial charge in [0.1, 0.15) is 0 Å². The van der Waals surface area contributed by atoms with Crippen molar-refractivity contribution < 1.29 is 19.0 Å². The summed E-state index contributed by atoms with van der Waals surface area (Å²) in [6.45, 7) is 0.220. The van der Waals surface area contributed by atoms with Crippen LogP contribution >= 0.6 is 15.9 Å². The third-order valence-electron chi connectivity index (χ3n) is 2.06. The van der Waals surface area contributed by atoms with E-state index in [9.17, 15) is 4.79 Å². The molecule has 0 aromatic heterocycles. The van der Waals surface area contributed by atoms with Crippen molar-refractivity contribution in [3.8, 4) is 11.5 Å². The molecule has 0 atom stereocenters. The molecule has 1 aromatic rings. The van der Waals surface area contributed by atoms with E-state index in [-0.39, 0.29) is 6.79 Å². The van der Waals surface area contributed by atoms with Gasteiger partial charge in [0, 0.05) is 6.08 Å². The van der Waals surface area contributed by atoms with Gasteiger partial charge < -0.3 is 14.2 Å². The van der Waals surface area contributed by atoms with Crippen molar-refractivity contribution in [2.75, 3.05) is 13.9 Å². The summed E-state index contributed by atoms with van der Waals surface area (Å²) in [6, 6.07) is 3.64. The first-order valence-corrected chi connectivity index (χ1v) is 5.35. The van der Waals surface area contributed by atoms with Crippen LogP contribution in [0.15, 0.2) is 22.7 Å². The van der Waals surface area contributed by atoms with Gasteiger partial charge in [0.2, 0.25) is 6.79 Å². The Kier molecular flexibility index (Phi) is 3.14. The van der Waals surface area contributed by atoms with Gasteiger partial charge in [-0.2, -0.15) is 0 Å². The lowest BCUT2D eigenvalue weighted by molar-refractivity contribution is -0.134. The third-order valence-corrected chi connectivity index (χ3v) is 2.65. The van der Waals surface area contributed by atoms with Gasteiger partial charge in [0.15, 0.2) is 11.5 Å². The lowest BCUT2D eigenvalue weighted by atomic mass is 10.2. The van der Waals surface area contributed by atoms with Crippen LogP contribution in [0.3, 0.4) is 0 Å². The normalized spacial score (nSPS) is 13.1. The van der Waals surface area contributed by atoms with Gasteiger partial charge in [0.25, 0.3) is 0 Å². The van der Waals surface area contributed by atoms with Crippen LogP contribution in [0.1, 0.15) is 5.56 Å². The van der Waals surface area contributed by atoms with Crippen molar-refractivity contribution >= 4 is 28.0 Å². The number of fused-ring (bicyclic) bond motifs is 1. The summed E-state index contributed by atoms with van der Waals surface area (Å²) in [7, 11) is 1.34. The molecular weight excluding hydrogens is 276 g/mol. The van der Waals surface area contributed by atoms with Crippen LogP contribution in [0, 0.1) is 0 Å². The van der Waals surface area contributed by atoms with Crippen LogP contribution in [0.25, 0.3) is 6.08 Å². The second-order valence-electron chi connectivity index (χ2n) is 3.09. The number of carbonyl (C=O) groups is 1. The van der Waals surface area contributed by atoms with Crippen LogP contribution in [0.4, 0.5) is 0 Å². The maximum atomic E-state index is 10.9. The molecule has 0 saturated carbocycles. The highest BCUT2D eigenvalue weighted by molar-refractivity contribution is 9.10. The summed E-state index contributed by atoms with van der Waals surface area (Å²) in [5.41, 5.74) is 0.835. The first-order valence-electron chi connectivity index (χ1n) is 4.56. The van der Waals surface area contributed by atoms with E-state index < -0.39 is 5.97 Å². The number of benzene rings is 1. The van der Waals surface area contributed by atoms with Crippen LogP contribution in [-0.2, 0) is 9.53 Å². The topological polar surface area (TPSA) is 44.8 Å². The lowest BCUT2D eigenvalue weighted by Gasteiger charge is -2.01. The van der Waals surface area contributed by atoms with Gasteiger partial charge in [-0.1, -0.05) is 0 Å². The first-order chi connectivity index (χ1) is 7.70. The number of esters is 1. The smallest absolute Gasteiger partial charge is 0.330 e. The molecule has 0 aliphatic carbocycles. The van der Waals surface area contributed by atoms with Crippen LogP contribution in [-0.4, -0.2) is 19.9 Å². The molecule has 0 saturated heterocycles. The van der Waals surface area contributed by atoms with E-state index in [1.807, 2.05) is 6.07 Å². The SMILES string of the molecule is COC(=O)/C=C/c1cc(Br)c2c(c1)OCO2. The zero-order valence-corrected chi connectivity index (χ0v) is 10.1. The van der Waals surface area contributed by atoms with E-state index in [2.05, 4.69) is 20.7 Å². The molecule has 0 bridgehead atoms. The first kappa shape index (κ1) is 11.0. The zero-order chi connectivity index (χ0) is 11.5. The Bertz CT molecular complexity index is 454. The molecule has 84 valence electrons. The van der Waals surface area contributed by atoms with Gasteiger partial charge in [0.05, 0.1) is 11.6 Å². The molecule has 0 spiro atoms. The molecule has 1 aromatic carbocycles. The van der Waals surface area contributed by atoms with Crippen molar-refractivity contribution in [2.24, 2.45) is 0 Å². The number of carbonyl (C=O) groups excluding carboxylic acids is 1. The molecule has 0 radical (unpaired) electrons. The van der Waals surface area contributed by atoms with E-state index in [1.165, 1.54) is 13.2 Å². The number of hydrogen-bond donors (Lipinski definition) is 0. The molecule has 1 aliphatic heterocycles. The minimum absolute atomic E-state index is 0.220. The van der Waals surface area contributed by atoms with Gasteiger partial charge in [-0.05, 0) is 39.7 Å². The quantitative estimate of drug-likeness (QED) is 0.618. The van der Waals surface area contributed by atoms with Crippen molar-refractivity contribution in [2.45, 2.75) is 0 Å². The molecule has 0 unspecified atom stereocenters. The standard InChI is InChI=1S/C11H9BrO4/c1-14-10(13)3-2-7-4-8(12)11-9(5-7)15-6-16-11/h2-5H,6H2,1H3/b3-2+. The molecule has 5 heteroatoms. The fourth-order valence-corrected chi connectivity index (χ4v) is 1.89. The Morgan fingerprint density at radius 2 is 2.31 bits per heavy atom. The summed E-state index contributed by atoms with van der Waals surface area (Å²) in [5.74, 6) is 0.961. The predicted molar refractivity (Wildman–Crippen MR) is 61.3 cm³/mol. The Hall–Kier alpha value is -1.49. The molecule has 0 N–H and O–H groups in total. The highest BCUT2D eigenvalue weighted by Crippen LogP contribution is 2.40. The molecule has 1 heterocycles. The van der Waals surface area contributed by atoms with Crippen LogP contribution in [0.5, 0.6) is 11.5 Å². The van der Waals surface area contributed by atoms with Gasteiger partial charge in [-0.3, -0.25) is 0 Å². The van der Waals surface area contributed by atoms with Crippen molar-refractivity contribution in [1.29, 1.82) is 0 Å². The second kappa shape index (κ2) is 4.57. The summed E-state index contributed by atoms with van der Waals surface area (Å²) in [6.07, 6.45) is 3.00. The second-order valence-corrected chi connectivity index (χ2v) is 3.95. The average Bonchev–Trinajstić information content (AvgIpc) is 2.74. The largest absolute Gasteiger partial charge is 0.466 e. The van der Waals surface area contributed by atoms with Crippen molar-refractivity contribution in [1.82, 2.24) is 0 Å². The summed E-state index contributed by atoms with van der Waals surface area (Å²) >= 11 is 3.37. The van der Waals surface area contributed by atoms with Crippen LogP contribution in [0.2, 0.25) is 0 Å². The Labute approximate surface area is 101 Å². The Balaban J connectivity index is 2.27. The number of hydrogen-bond acceptors (Lipinski definition) is 4. The monoisotopic (exact) mass is 284 g/mol. The van der Waals surface area contributed by atoms with Gasteiger partial charge in [-0.25, -0.2) is 4.79 Å². The highest BCUT2D eigenvalue weighted by atomic mass is 79.9. The molecule has 0 amide bonds. The molecule has 16 heavy (non-hydrogen) atoms. The Morgan fingerprint density at radius 1 is 1.50 bits per heavy atom. The minimum Gasteiger partial charge on any atom is -0.466 e. The number of ether oxygens (including phenoxy) is 3. The summed E-state index contributed by atoms with van der Waals surface area (Å²) in [4.78, 5) is 10.9. The minimum atomic E-state index is -0.395. The molecule has 4 nitrogen and oxygen atoms in total. The zero-order valence-electron chi connectivity index (χ0n) is 8.53. The van der Waals surface area contributed by atoms with Crippen molar-refractivity contribution in [3.05, 3.63) is 28.2 Å². The average molecular weight is 285 g/mol. The van der Waals surface area contributed by atoms with Crippen molar-refractivity contribution in [3.63, 3.8) is 0 Å². The Morgan fingerprint density at radius 3 is 3.06 bits per heavy atom. The van der Waals surface area contributed by atoms with Gasteiger partial charge in [-0.15, -0.1) is 0 Å². The van der Waals surface area contributed by atoms with E-state index in [4.69, 9.17) is 9.47 Å². The fraction of sp³-hybridized carbons (Fsp3) is 0.182. The number of halogens is 1. The number of methoxy groups -OCH3 is 1. The van der Waals surface area contributed by atoms with Crippen LogP contribution < -0.4 is 9.47 Å². The van der Waals surface area contributed by atoms with E-state index >= 15 is 0 Å².